The molecule has 0 spiro atoms. The predicted molar refractivity (Wildman–Crippen MR) is 197 cm³/mol. The van der Waals surface area contributed by atoms with Gasteiger partial charge in [0.2, 0.25) is 0 Å². The molecule has 6 aromatic rings. The molecule has 0 amide bonds. The molecule has 0 unspecified atom stereocenters. The molecule has 0 atom stereocenters. The molecule has 0 radical (unpaired) electrons. The molecule has 0 saturated heterocycles. The van der Waals surface area contributed by atoms with Gasteiger partial charge in [0.1, 0.15) is 23.0 Å². The zero-order valence-corrected chi connectivity index (χ0v) is 29.1. The van der Waals surface area contributed by atoms with E-state index in [-0.39, 0.29) is 11.5 Å². The van der Waals surface area contributed by atoms with E-state index in [1.165, 1.54) is 12.1 Å². The zero-order valence-electron chi connectivity index (χ0n) is 29.1. The molecule has 54 heavy (non-hydrogen) atoms. The Balaban J connectivity index is 1.34. The third-order valence-electron chi connectivity index (χ3n) is 8.24. The highest BCUT2D eigenvalue weighted by Gasteiger charge is 2.30. The smallest absolute Gasteiger partial charge is 0.422 e. The first kappa shape index (κ1) is 37.5. The summed E-state index contributed by atoms with van der Waals surface area (Å²) in [5.74, 6) is 1.33. The lowest BCUT2D eigenvalue weighted by molar-refractivity contribution is -0.154. The summed E-state index contributed by atoms with van der Waals surface area (Å²) in [7, 11) is 3.09. The molecule has 0 aliphatic carbocycles. The molecule has 6 rings (SSSR count). The van der Waals surface area contributed by atoms with Gasteiger partial charge in [0.05, 0.1) is 25.6 Å². The van der Waals surface area contributed by atoms with Gasteiger partial charge in [0.15, 0.2) is 13.2 Å². The lowest BCUT2D eigenvalue weighted by Crippen LogP contribution is -2.20. The maximum atomic E-state index is 13.2. The van der Waals surface area contributed by atoms with E-state index < -0.39 is 25.6 Å². The molecule has 6 aromatic carbocycles. The summed E-state index contributed by atoms with van der Waals surface area (Å²) in [6, 6.07) is 42.2. The SMILES string of the molecule is COc1ccc(N(c2ccc(-c3ccc(N(c4ccc(OC)cc4)c4ccccc4OCC(F)(F)F)cc3)cc2)c2ccccc2OCC(F)(F)F)cc1. The lowest BCUT2D eigenvalue weighted by Gasteiger charge is -2.28. The molecule has 0 aliphatic heterocycles. The first-order valence-corrected chi connectivity index (χ1v) is 16.6. The number of hydrogen-bond acceptors (Lipinski definition) is 6. The van der Waals surface area contributed by atoms with Gasteiger partial charge in [-0.1, -0.05) is 48.5 Å². The first-order valence-electron chi connectivity index (χ1n) is 16.6. The Kier molecular flexibility index (Phi) is 11.2. The van der Waals surface area contributed by atoms with Crippen molar-refractivity contribution in [2.45, 2.75) is 12.4 Å². The Hall–Kier alpha value is -6.30. The van der Waals surface area contributed by atoms with Gasteiger partial charge in [-0.2, -0.15) is 26.3 Å². The minimum atomic E-state index is -4.52. The average Bonchev–Trinajstić information content (AvgIpc) is 3.18. The fraction of sp³-hybridized carbons (Fsp3) is 0.143. The van der Waals surface area contributed by atoms with Crippen molar-refractivity contribution in [3.63, 3.8) is 0 Å². The second-order valence-corrected chi connectivity index (χ2v) is 11.9. The van der Waals surface area contributed by atoms with Gasteiger partial charge in [0, 0.05) is 22.7 Å². The second-order valence-electron chi connectivity index (χ2n) is 11.9. The molecular weight excluding hydrogens is 710 g/mol. The number of rotatable bonds is 13. The second kappa shape index (κ2) is 16.2. The van der Waals surface area contributed by atoms with Crippen LogP contribution in [-0.2, 0) is 0 Å². The van der Waals surface area contributed by atoms with Gasteiger partial charge in [-0.05, 0) is 108 Å². The predicted octanol–water partition coefficient (Wildman–Crippen LogP) is 12.2. The van der Waals surface area contributed by atoms with Crippen LogP contribution in [0.4, 0.5) is 60.5 Å². The zero-order chi connectivity index (χ0) is 38.3. The van der Waals surface area contributed by atoms with E-state index in [1.807, 2.05) is 48.5 Å². The number of nitrogens with zero attached hydrogens (tertiary/aromatic N) is 2. The molecule has 0 heterocycles. The van der Waals surface area contributed by atoms with Crippen LogP contribution in [0.15, 0.2) is 146 Å². The van der Waals surface area contributed by atoms with Gasteiger partial charge in [-0.15, -0.1) is 0 Å². The van der Waals surface area contributed by atoms with E-state index >= 15 is 0 Å². The molecule has 278 valence electrons. The molecule has 6 nitrogen and oxygen atoms in total. The van der Waals surface area contributed by atoms with Crippen LogP contribution in [0.3, 0.4) is 0 Å². The van der Waals surface area contributed by atoms with Gasteiger partial charge >= 0.3 is 12.4 Å². The summed E-state index contributed by atoms with van der Waals surface area (Å²) in [6.07, 6.45) is -9.05. The average molecular weight is 745 g/mol. The Labute approximate surface area is 308 Å². The molecule has 0 aromatic heterocycles. The van der Waals surface area contributed by atoms with Crippen molar-refractivity contribution < 1.29 is 45.3 Å². The highest BCUT2D eigenvalue weighted by Crippen LogP contribution is 2.43. The van der Waals surface area contributed by atoms with Crippen molar-refractivity contribution in [3.05, 3.63) is 146 Å². The number of ether oxygens (including phenoxy) is 4. The van der Waals surface area contributed by atoms with Crippen LogP contribution in [0.25, 0.3) is 11.1 Å². The minimum Gasteiger partial charge on any atom is -0.497 e. The number of halogens is 6. The van der Waals surface area contributed by atoms with E-state index in [9.17, 15) is 26.3 Å². The van der Waals surface area contributed by atoms with Gasteiger partial charge in [-0.25, -0.2) is 0 Å². The quantitative estimate of drug-likeness (QED) is 0.110. The van der Waals surface area contributed by atoms with Gasteiger partial charge < -0.3 is 28.7 Å². The summed E-state index contributed by atoms with van der Waals surface area (Å²) in [5.41, 5.74) is 5.12. The van der Waals surface area contributed by atoms with Crippen molar-refractivity contribution in [1.29, 1.82) is 0 Å². The van der Waals surface area contributed by atoms with E-state index in [2.05, 4.69) is 0 Å². The van der Waals surface area contributed by atoms with Crippen LogP contribution in [0.5, 0.6) is 23.0 Å². The van der Waals surface area contributed by atoms with Crippen LogP contribution < -0.4 is 28.7 Å². The van der Waals surface area contributed by atoms with Crippen molar-refractivity contribution in [1.82, 2.24) is 0 Å². The Bertz CT molecular complexity index is 1970. The summed E-state index contributed by atoms with van der Waals surface area (Å²) in [6.45, 7) is -2.89. The number of para-hydroxylation sites is 4. The largest absolute Gasteiger partial charge is 0.497 e. The normalized spacial score (nSPS) is 11.5. The highest BCUT2D eigenvalue weighted by atomic mass is 19.4. The van der Waals surface area contributed by atoms with E-state index in [1.54, 1.807) is 109 Å². The molecule has 0 saturated carbocycles. The third-order valence-corrected chi connectivity index (χ3v) is 8.24. The fourth-order valence-electron chi connectivity index (χ4n) is 5.77. The van der Waals surface area contributed by atoms with Gasteiger partial charge in [-0.3, -0.25) is 0 Å². The number of hydrogen-bond donors (Lipinski definition) is 0. The molecule has 0 N–H and O–H groups in total. The lowest BCUT2D eigenvalue weighted by atomic mass is 10.0. The maximum Gasteiger partial charge on any atom is 0.422 e. The minimum absolute atomic E-state index is 0.0529. The number of alkyl halides is 6. The summed E-state index contributed by atoms with van der Waals surface area (Å²) >= 11 is 0. The topological polar surface area (TPSA) is 43.4 Å². The van der Waals surface area contributed by atoms with Crippen LogP contribution in [0.1, 0.15) is 0 Å². The van der Waals surface area contributed by atoms with Crippen LogP contribution in [0.2, 0.25) is 0 Å². The van der Waals surface area contributed by atoms with Crippen molar-refractivity contribution in [2.24, 2.45) is 0 Å². The molecular formula is C42H34F6N2O4. The van der Waals surface area contributed by atoms with Crippen molar-refractivity contribution in [2.75, 3.05) is 37.2 Å². The monoisotopic (exact) mass is 744 g/mol. The van der Waals surface area contributed by atoms with E-state index in [0.717, 1.165) is 11.1 Å². The van der Waals surface area contributed by atoms with Crippen LogP contribution in [0, 0.1) is 0 Å². The van der Waals surface area contributed by atoms with Crippen LogP contribution >= 0.6 is 0 Å². The molecule has 0 aliphatic rings. The summed E-state index contributed by atoms with van der Waals surface area (Å²) < 4.78 is 100. The third kappa shape index (κ3) is 9.19. The van der Waals surface area contributed by atoms with Crippen LogP contribution in [-0.4, -0.2) is 39.8 Å². The Morgan fingerprint density at radius 2 is 0.704 bits per heavy atom. The number of methoxy groups -OCH3 is 2. The number of anilines is 6. The standard InChI is InChI=1S/C42H34F6N2O4/c1-51-35-23-19-33(20-24-35)49(37-7-3-5-9-39(37)53-27-41(43,44)45)31-15-11-29(12-16-31)30-13-17-32(18-14-30)50(34-21-25-36(52-2)26-22-34)38-8-4-6-10-40(38)54-28-42(46,47)48/h3-26H,27-28H2,1-2H3. The molecule has 0 fully saturated rings. The van der Waals surface area contributed by atoms with Crippen molar-refractivity contribution in [3.8, 4) is 34.1 Å². The van der Waals surface area contributed by atoms with E-state index in [4.69, 9.17) is 18.9 Å². The molecule has 12 heteroatoms. The number of benzene rings is 6. The summed E-state index contributed by atoms with van der Waals surface area (Å²) in [5, 5.41) is 0. The molecule has 0 bridgehead atoms. The Morgan fingerprint density at radius 1 is 0.407 bits per heavy atom. The fourth-order valence-corrected chi connectivity index (χ4v) is 5.77. The first-order chi connectivity index (χ1) is 25.9. The summed E-state index contributed by atoms with van der Waals surface area (Å²) in [4.78, 5) is 3.59. The van der Waals surface area contributed by atoms with E-state index in [0.29, 0.717) is 45.6 Å². The Morgan fingerprint density at radius 3 is 1.00 bits per heavy atom. The van der Waals surface area contributed by atoms with Gasteiger partial charge in [0.25, 0.3) is 0 Å². The maximum absolute atomic E-state index is 13.2. The van der Waals surface area contributed by atoms with Crippen molar-refractivity contribution >= 4 is 34.1 Å². The highest BCUT2D eigenvalue weighted by molar-refractivity contribution is 5.83.